The van der Waals surface area contributed by atoms with Crippen molar-refractivity contribution in [1.29, 1.82) is 0 Å². The number of aromatic amines is 1. The predicted octanol–water partition coefficient (Wildman–Crippen LogP) is 1.41. The first-order chi connectivity index (χ1) is 10.7. The number of pyridine rings is 1. The Morgan fingerprint density at radius 1 is 1.36 bits per heavy atom. The van der Waals surface area contributed by atoms with Gasteiger partial charge in [-0.1, -0.05) is 13.0 Å². The molecule has 0 atom stereocenters. The number of nitrogens with zero attached hydrogens (tertiary/aromatic N) is 2. The van der Waals surface area contributed by atoms with E-state index in [-0.39, 0.29) is 23.7 Å². The average molecular weight is 299 g/mol. The minimum absolute atomic E-state index is 0.00208. The third-order valence-corrected chi connectivity index (χ3v) is 3.15. The van der Waals surface area contributed by atoms with Gasteiger partial charge in [-0.05, 0) is 18.1 Å². The number of fused-ring (bicyclic) bond motifs is 1. The maximum Gasteiger partial charge on any atom is 0.337 e. The molecule has 0 saturated carbocycles. The van der Waals surface area contributed by atoms with Crippen LogP contribution in [0.5, 0.6) is 6.01 Å². The summed E-state index contributed by atoms with van der Waals surface area (Å²) in [5, 5.41) is 0.274. The SMILES string of the molecule is CCc1cc(=O)oc2nc(OCc3cccnc3)[nH]c(=O)c12. The van der Waals surface area contributed by atoms with E-state index in [1.807, 2.05) is 13.0 Å². The number of nitrogens with one attached hydrogen (secondary N) is 1. The summed E-state index contributed by atoms with van der Waals surface area (Å²) in [6.07, 6.45) is 3.83. The van der Waals surface area contributed by atoms with Crippen LogP contribution in [0, 0.1) is 0 Å². The maximum absolute atomic E-state index is 12.2. The van der Waals surface area contributed by atoms with Gasteiger partial charge in [-0.2, -0.15) is 4.98 Å². The Bertz CT molecular complexity index is 915. The smallest absolute Gasteiger partial charge is 0.337 e. The lowest BCUT2D eigenvalue weighted by molar-refractivity contribution is 0.279. The van der Waals surface area contributed by atoms with E-state index >= 15 is 0 Å². The lowest BCUT2D eigenvalue weighted by atomic mass is 10.1. The summed E-state index contributed by atoms with van der Waals surface area (Å²) in [4.78, 5) is 34.2. The Morgan fingerprint density at radius 2 is 2.23 bits per heavy atom. The number of hydrogen-bond acceptors (Lipinski definition) is 6. The Kier molecular flexibility index (Phi) is 3.69. The molecule has 7 heteroatoms. The minimum Gasteiger partial charge on any atom is -0.460 e. The third-order valence-electron chi connectivity index (χ3n) is 3.15. The van der Waals surface area contributed by atoms with Gasteiger partial charge in [0.1, 0.15) is 12.0 Å². The summed E-state index contributed by atoms with van der Waals surface area (Å²) in [5.74, 6) is 0. The van der Waals surface area contributed by atoms with Gasteiger partial charge >= 0.3 is 5.63 Å². The van der Waals surface area contributed by atoms with Crippen molar-refractivity contribution in [1.82, 2.24) is 15.0 Å². The number of H-pyrrole nitrogens is 1. The first kappa shape index (κ1) is 14.0. The van der Waals surface area contributed by atoms with Gasteiger partial charge in [0, 0.05) is 24.0 Å². The fourth-order valence-corrected chi connectivity index (χ4v) is 2.11. The minimum atomic E-state index is -0.541. The molecule has 112 valence electrons. The summed E-state index contributed by atoms with van der Waals surface area (Å²) in [6.45, 7) is 2.04. The Hall–Kier alpha value is -2.96. The van der Waals surface area contributed by atoms with Crippen LogP contribution in [0.1, 0.15) is 18.1 Å². The molecule has 0 aromatic carbocycles. The van der Waals surface area contributed by atoms with Gasteiger partial charge in [-0.25, -0.2) is 4.79 Å². The van der Waals surface area contributed by atoms with Crippen LogP contribution < -0.4 is 15.9 Å². The molecule has 0 amide bonds. The van der Waals surface area contributed by atoms with E-state index in [9.17, 15) is 9.59 Å². The van der Waals surface area contributed by atoms with E-state index in [1.165, 1.54) is 6.07 Å². The summed E-state index contributed by atoms with van der Waals surface area (Å²) >= 11 is 0. The number of aryl methyl sites for hydroxylation is 1. The highest BCUT2D eigenvalue weighted by atomic mass is 16.5. The summed E-state index contributed by atoms with van der Waals surface area (Å²) in [7, 11) is 0. The van der Waals surface area contributed by atoms with Crippen molar-refractivity contribution in [2.24, 2.45) is 0 Å². The Labute approximate surface area is 124 Å². The normalized spacial score (nSPS) is 10.8. The molecule has 1 N–H and O–H groups in total. The van der Waals surface area contributed by atoms with Gasteiger partial charge in [0.2, 0.25) is 5.71 Å². The van der Waals surface area contributed by atoms with E-state index in [4.69, 9.17) is 9.15 Å². The average Bonchev–Trinajstić information content (AvgIpc) is 2.52. The molecule has 3 aromatic heterocycles. The zero-order chi connectivity index (χ0) is 15.5. The van der Waals surface area contributed by atoms with Crippen LogP contribution in [0.2, 0.25) is 0 Å². The molecule has 3 heterocycles. The highest BCUT2D eigenvalue weighted by Crippen LogP contribution is 2.14. The zero-order valence-electron chi connectivity index (χ0n) is 11.8. The van der Waals surface area contributed by atoms with Crippen molar-refractivity contribution < 1.29 is 9.15 Å². The molecule has 0 aliphatic rings. The maximum atomic E-state index is 12.2. The summed E-state index contributed by atoms with van der Waals surface area (Å²) < 4.78 is 10.4. The zero-order valence-corrected chi connectivity index (χ0v) is 11.8. The van der Waals surface area contributed by atoms with Gasteiger partial charge in [0.15, 0.2) is 0 Å². The number of hydrogen-bond donors (Lipinski definition) is 1. The number of rotatable bonds is 4. The molecule has 22 heavy (non-hydrogen) atoms. The standard InChI is InChI=1S/C15H13N3O4/c1-2-10-6-11(19)22-14-12(10)13(20)17-15(18-14)21-8-9-4-3-5-16-7-9/h3-7H,2,8H2,1H3,(H,17,18,20). The van der Waals surface area contributed by atoms with Gasteiger partial charge in [-0.3, -0.25) is 14.8 Å². The van der Waals surface area contributed by atoms with Crippen molar-refractivity contribution in [2.75, 3.05) is 0 Å². The molecule has 0 aliphatic carbocycles. The Balaban J connectivity index is 1.99. The van der Waals surface area contributed by atoms with Crippen LogP contribution in [0.25, 0.3) is 11.1 Å². The lowest BCUT2D eigenvalue weighted by Crippen LogP contribution is -2.15. The van der Waals surface area contributed by atoms with Crippen molar-refractivity contribution >= 4 is 11.1 Å². The second kappa shape index (κ2) is 5.80. The molecular weight excluding hydrogens is 286 g/mol. The fraction of sp³-hybridized carbons (Fsp3) is 0.200. The van der Waals surface area contributed by atoms with E-state index in [0.29, 0.717) is 12.0 Å². The Morgan fingerprint density at radius 3 is 2.95 bits per heavy atom. The monoisotopic (exact) mass is 299 g/mol. The summed E-state index contributed by atoms with van der Waals surface area (Å²) in [6, 6.07) is 4.91. The molecule has 0 unspecified atom stereocenters. The quantitative estimate of drug-likeness (QED) is 0.782. The summed E-state index contributed by atoms with van der Waals surface area (Å²) in [5.41, 5.74) is 0.467. The van der Waals surface area contributed by atoms with Gasteiger partial charge in [-0.15, -0.1) is 0 Å². The van der Waals surface area contributed by atoms with Crippen LogP contribution in [0.3, 0.4) is 0 Å². The fourth-order valence-electron chi connectivity index (χ4n) is 2.11. The van der Waals surface area contributed by atoms with Crippen molar-refractivity contribution in [3.63, 3.8) is 0 Å². The molecule has 0 spiro atoms. The molecule has 0 radical (unpaired) electrons. The second-order valence-electron chi connectivity index (χ2n) is 4.65. The lowest BCUT2D eigenvalue weighted by Gasteiger charge is -2.06. The van der Waals surface area contributed by atoms with Crippen LogP contribution in [0.15, 0.2) is 44.6 Å². The van der Waals surface area contributed by atoms with E-state index in [2.05, 4.69) is 15.0 Å². The molecule has 0 saturated heterocycles. The molecule has 7 nitrogen and oxygen atoms in total. The van der Waals surface area contributed by atoms with Gasteiger partial charge in [0.05, 0.1) is 0 Å². The molecule has 3 rings (SSSR count). The molecular formula is C15H13N3O4. The van der Waals surface area contributed by atoms with Gasteiger partial charge in [0.25, 0.3) is 11.6 Å². The van der Waals surface area contributed by atoms with Crippen molar-refractivity contribution in [3.8, 4) is 6.01 Å². The van der Waals surface area contributed by atoms with Crippen LogP contribution >= 0.6 is 0 Å². The molecule has 0 fully saturated rings. The van der Waals surface area contributed by atoms with Gasteiger partial charge < -0.3 is 9.15 Å². The van der Waals surface area contributed by atoms with Crippen molar-refractivity contribution in [2.45, 2.75) is 20.0 Å². The van der Waals surface area contributed by atoms with Crippen LogP contribution in [-0.4, -0.2) is 15.0 Å². The molecule has 0 bridgehead atoms. The second-order valence-corrected chi connectivity index (χ2v) is 4.65. The molecule has 3 aromatic rings. The third kappa shape index (κ3) is 2.73. The number of ether oxygens (including phenoxy) is 1. The first-order valence-corrected chi connectivity index (χ1v) is 6.76. The van der Waals surface area contributed by atoms with E-state index in [0.717, 1.165) is 5.56 Å². The van der Waals surface area contributed by atoms with Crippen LogP contribution in [-0.2, 0) is 13.0 Å². The van der Waals surface area contributed by atoms with E-state index < -0.39 is 11.2 Å². The molecule has 0 aliphatic heterocycles. The largest absolute Gasteiger partial charge is 0.460 e. The topological polar surface area (TPSA) is 98.1 Å². The highest BCUT2D eigenvalue weighted by Gasteiger charge is 2.12. The van der Waals surface area contributed by atoms with Crippen molar-refractivity contribution in [3.05, 3.63) is 62.5 Å². The predicted molar refractivity (Wildman–Crippen MR) is 78.8 cm³/mol. The van der Waals surface area contributed by atoms with E-state index in [1.54, 1.807) is 18.5 Å². The number of aromatic nitrogens is 3. The highest BCUT2D eigenvalue weighted by molar-refractivity contribution is 5.75. The van der Waals surface area contributed by atoms with Crippen LogP contribution in [0.4, 0.5) is 0 Å². The first-order valence-electron chi connectivity index (χ1n) is 6.76.